The first-order valence-corrected chi connectivity index (χ1v) is 8.10. The molecule has 2 aliphatic rings. The molecule has 4 heteroatoms. The number of amides is 1. The normalized spacial score (nSPS) is 29.4. The Morgan fingerprint density at radius 1 is 1.40 bits per heavy atom. The van der Waals surface area contributed by atoms with E-state index in [0.717, 1.165) is 11.8 Å². The van der Waals surface area contributed by atoms with Crippen LogP contribution in [0.1, 0.15) is 43.0 Å². The van der Waals surface area contributed by atoms with Crippen LogP contribution < -0.4 is 5.32 Å². The van der Waals surface area contributed by atoms with Crippen LogP contribution in [0.5, 0.6) is 0 Å². The van der Waals surface area contributed by atoms with Crippen LogP contribution in [-0.4, -0.2) is 11.9 Å². The molecule has 2 saturated carbocycles. The Kier molecular flexibility index (Phi) is 3.85. The maximum absolute atomic E-state index is 13.3. The van der Waals surface area contributed by atoms with Gasteiger partial charge in [0.15, 0.2) is 0 Å². The third-order valence-corrected chi connectivity index (χ3v) is 5.66. The molecule has 2 nitrogen and oxygen atoms in total. The second-order valence-corrected chi connectivity index (χ2v) is 7.08. The van der Waals surface area contributed by atoms with Gasteiger partial charge in [0.05, 0.1) is 5.56 Å². The average molecular weight is 340 g/mol. The van der Waals surface area contributed by atoms with Gasteiger partial charge in [-0.2, -0.15) is 0 Å². The molecule has 2 fully saturated rings. The van der Waals surface area contributed by atoms with Crippen molar-refractivity contribution in [1.82, 2.24) is 5.32 Å². The van der Waals surface area contributed by atoms with Crippen LogP contribution in [0.4, 0.5) is 4.39 Å². The van der Waals surface area contributed by atoms with E-state index in [2.05, 4.69) is 28.2 Å². The molecule has 0 heterocycles. The van der Waals surface area contributed by atoms with Gasteiger partial charge < -0.3 is 5.32 Å². The van der Waals surface area contributed by atoms with Crippen LogP contribution >= 0.6 is 15.9 Å². The number of carbonyl (C=O) groups is 1. The number of fused-ring (bicyclic) bond motifs is 2. The van der Waals surface area contributed by atoms with Gasteiger partial charge in [-0.15, -0.1) is 0 Å². The Bertz CT molecular complexity index is 533. The highest BCUT2D eigenvalue weighted by Crippen LogP contribution is 2.49. The van der Waals surface area contributed by atoms with Gasteiger partial charge in [-0.3, -0.25) is 4.79 Å². The molecule has 1 amide bonds. The smallest absolute Gasteiger partial charge is 0.252 e. The van der Waals surface area contributed by atoms with Gasteiger partial charge >= 0.3 is 0 Å². The fourth-order valence-corrected chi connectivity index (χ4v) is 4.40. The lowest BCUT2D eigenvalue weighted by Crippen LogP contribution is -2.40. The first-order chi connectivity index (χ1) is 9.54. The van der Waals surface area contributed by atoms with E-state index in [9.17, 15) is 9.18 Å². The van der Waals surface area contributed by atoms with Gasteiger partial charge in [-0.05, 0) is 78.1 Å². The molecular formula is C16H19BrFNO. The molecule has 0 radical (unpaired) electrons. The van der Waals surface area contributed by atoms with Crippen LogP contribution in [0.25, 0.3) is 0 Å². The van der Waals surface area contributed by atoms with Crippen molar-refractivity contribution in [3.05, 3.63) is 34.1 Å². The predicted octanol–water partition coefficient (Wildman–Crippen LogP) is 4.14. The summed E-state index contributed by atoms with van der Waals surface area (Å²) in [6.45, 7) is 2.08. The number of nitrogens with one attached hydrogen (secondary N) is 1. The first-order valence-electron chi connectivity index (χ1n) is 7.30. The van der Waals surface area contributed by atoms with Gasteiger partial charge in [0, 0.05) is 10.5 Å². The molecule has 0 aliphatic heterocycles. The summed E-state index contributed by atoms with van der Waals surface area (Å²) in [5.41, 5.74) is 0.375. The van der Waals surface area contributed by atoms with Crippen molar-refractivity contribution in [2.24, 2.45) is 17.8 Å². The lowest BCUT2D eigenvalue weighted by molar-refractivity contribution is 0.0914. The molecule has 0 spiro atoms. The Labute approximate surface area is 127 Å². The quantitative estimate of drug-likeness (QED) is 0.880. The molecule has 1 aromatic rings. The highest BCUT2D eigenvalue weighted by Gasteiger charge is 2.42. The summed E-state index contributed by atoms with van der Waals surface area (Å²) >= 11 is 3.31. The summed E-state index contributed by atoms with van der Waals surface area (Å²) in [7, 11) is 0. The molecule has 4 unspecified atom stereocenters. The van der Waals surface area contributed by atoms with Crippen molar-refractivity contribution in [3.8, 4) is 0 Å². The number of carbonyl (C=O) groups excluding carboxylic acids is 1. The fraction of sp³-hybridized carbons (Fsp3) is 0.562. The number of benzene rings is 1. The largest absolute Gasteiger partial charge is 0.349 e. The number of hydrogen-bond acceptors (Lipinski definition) is 1. The monoisotopic (exact) mass is 339 g/mol. The molecule has 2 aliphatic carbocycles. The van der Waals surface area contributed by atoms with Crippen molar-refractivity contribution in [2.45, 2.75) is 38.6 Å². The molecule has 1 N–H and O–H groups in total. The standard InChI is InChI=1S/C16H19BrFNO/c1-9(13-7-10-2-3-11(13)6-10)19-16(20)14-8-12(18)4-5-15(14)17/h4-5,8-11,13H,2-3,6-7H2,1H3,(H,19,20). The number of hydrogen-bond donors (Lipinski definition) is 1. The zero-order chi connectivity index (χ0) is 14.3. The van der Waals surface area contributed by atoms with Crippen molar-refractivity contribution >= 4 is 21.8 Å². The van der Waals surface area contributed by atoms with E-state index in [1.807, 2.05) is 0 Å². The second-order valence-electron chi connectivity index (χ2n) is 6.23. The molecule has 0 aromatic heterocycles. The SMILES string of the molecule is CC(NC(=O)c1cc(F)ccc1Br)C1CC2CCC1C2. The van der Waals surface area contributed by atoms with E-state index in [0.29, 0.717) is 16.0 Å². The lowest BCUT2D eigenvalue weighted by atomic mass is 9.84. The third-order valence-electron chi connectivity index (χ3n) is 4.97. The van der Waals surface area contributed by atoms with Gasteiger partial charge in [0.2, 0.25) is 0 Å². The fourth-order valence-electron chi connectivity index (χ4n) is 3.97. The molecule has 0 saturated heterocycles. The summed E-state index contributed by atoms with van der Waals surface area (Å²) in [6, 6.07) is 4.37. The molecule has 3 rings (SSSR count). The Morgan fingerprint density at radius 3 is 2.85 bits per heavy atom. The zero-order valence-corrected chi connectivity index (χ0v) is 13.1. The van der Waals surface area contributed by atoms with Gasteiger partial charge in [-0.1, -0.05) is 6.42 Å². The number of halogens is 2. The van der Waals surface area contributed by atoms with E-state index >= 15 is 0 Å². The minimum Gasteiger partial charge on any atom is -0.349 e. The topological polar surface area (TPSA) is 29.1 Å². The van der Waals surface area contributed by atoms with Crippen molar-refractivity contribution in [1.29, 1.82) is 0 Å². The Morgan fingerprint density at radius 2 is 2.20 bits per heavy atom. The molecule has 2 bridgehead atoms. The van der Waals surface area contributed by atoms with Crippen LogP contribution in [0, 0.1) is 23.6 Å². The summed E-state index contributed by atoms with van der Waals surface area (Å²) in [5, 5.41) is 3.06. The van der Waals surface area contributed by atoms with E-state index in [1.165, 1.54) is 37.8 Å². The van der Waals surface area contributed by atoms with Gasteiger partial charge in [-0.25, -0.2) is 4.39 Å². The molecule has 20 heavy (non-hydrogen) atoms. The molecule has 108 valence electrons. The summed E-state index contributed by atoms with van der Waals surface area (Å²) < 4.78 is 13.9. The van der Waals surface area contributed by atoms with E-state index in [-0.39, 0.29) is 17.8 Å². The van der Waals surface area contributed by atoms with Crippen molar-refractivity contribution < 1.29 is 9.18 Å². The first kappa shape index (κ1) is 14.1. The Hall–Kier alpha value is -0.900. The van der Waals surface area contributed by atoms with Crippen LogP contribution in [0.2, 0.25) is 0 Å². The molecular weight excluding hydrogens is 321 g/mol. The highest BCUT2D eigenvalue weighted by atomic mass is 79.9. The van der Waals surface area contributed by atoms with Crippen LogP contribution in [-0.2, 0) is 0 Å². The molecule has 1 aromatic carbocycles. The van der Waals surface area contributed by atoms with Gasteiger partial charge in [0.1, 0.15) is 5.82 Å². The lowest BCUT2D eigenvalue weighted by Gasteiger charge is -2.28. The zero-order valence-electron chi connectivity index (χ0n) is 11.5. The molecule has 4 atom stereocenters. The predicted molar refractivity (Wildman–Crippen MR) is 80.0 cm³/mol. The van der Waals surface area contributed by atoms with Crippen molar-refractivity contribution in [3.63, 3.8) is 0 Å². The average Bonchev–Trinajstić information content (AvgIpc) is 3.03. The van der Waals surface area contributed by atoms with Crippen LogP contribution in [0.3, 0.4) is 0 Å². The van der Waals surface area contributed by atoms with Crippen LogP contribution in [0.15, 0.2) is 22.7 Å². The van der Waals surface area contributed by atoms with E-state index in [4.69, 9.17) is 0 Å². The third kappa shape index (κ3) is 2.62. The van der Waals surface area contributed by atoms with E-state index < -0.39 is 0 Å². The van der Waals surface area contributed by atoms with E-state index in [1.54, 1.807) is 6.07 Å². The second kappa shape index (κ2) is 5.47. The highest BCUT2D eigenvalue weighted by molar-refractivity contribution is 9.10. The summed E-state index contributed by atoms with van der Waals surface area (Å²) in [6.07, 6.45) is 5.22. The van der Waals surface area contributed by atoms with Gasteiger partial charge in [0.25, 0.3) is 5.91 Å². The minimum atomic E-state index is -0.383. The summed E-state index contributed by atoms with van der Waals surface area (Å²) in [5.74, 6) is 1.65. The minimum absolute atomic E-state index is 0.160. The number of rotatable bonds is 3. The van der Waals surface area contributed by atoms with Crippen molar-refractivity contribution in [2.75, 3.05) is 0 Å². The Balaban J connectivity index is 1.68. The maximum Gasteiger partial charge on any atom is 0.252 e. The maximum atomic E-state index is 13.3. The summed E-state index contributed by atoms with van der Waals surface area (Å²) in [4.78, 5) is 12.3.